The van der Waals surface area contributed by atoms with Crippen LogP contribution in [0.5, 0.6) is 5.75 Å². The van der Waals surface area contributed by atoms with Crippen molar-refractivity contribution < 1.29 is 17.5 Å². The standard InChI is InChI=1S/C13H15FN2O3S2/c1-15-8-10-4-6-13(20-10)21(17,18)16-11-5-3-9(14)7-12(11)19-2/h3-7,15-16H,8H2,1-2H3. The topological polar surface area (TPSA) is 67.4 Å². The summed E-state index contributed by atoms with van der Waals surface area (Å²) in [5.41, 5.74) is 0.197. The molecule has 2 aromatic rings. The third-order valence-corrected chi connectivity index (χ3v) is 5.60. The number of hydrogen-bond donors (Lipinski definition) is 2. The molecule has 0 aliphatic carbocycles. The minimum absolute atomic E-state index is 0.130. The summed E-state index contributed by atoms with van der Waals surface area (Å²) >= 11 is 1.17. The number of thiophene rings is 1. The van der Waals surface area contributed by atoms with Crippen LogP contribution in [-0.2, 0) is 16.6 Å². The number of methoxy groups -OCH3 is 1. The molecule has 0 radical (unpaired) electrons. The van der Waals surface area contributed by atoms with E-state index >= 15 is 0 Å². The van der Waals surface area contributed by atoms with E-state index in [1.165, 1.54) is 36.6 Å². The summed E-state index contributed by atoms with van der Waals surface area (Å²) in [6.07, 6.45) is 0. The Balaban J connectivity index is 2.28. The molecular weight excluding hydrogens is 315 g/mol. The van der Waals surface area contributed by atoms with Gasteiger partial charge >= 0.3 is 0 Å². The molecule has 0 aliphatic rings. The molecule has 5 nitrogen and oxygen atoms in total. The molecule has 1 heterocycles. The van der Waals surface area contributed by atoms with E-state index in [2.05, 4.69) is 10.0 Å². The molecule has 114 valence electrons. The van der Waals surface area contributed by atoms with Crippen LogP contribution in [0, 0.1) is 5.82 Å². The molecule has 21 heavy (non-hydrogen) atoms. The second kappa shape index (κ2) is 6.42. The normalized spacial score (nSPS) is 11.4. The number of rotatable bonds is 6. The lowest BCUT2D eigenvalue weighted by atomic mass is 10.3. The number of ether oxygens (including phenoxy) is 1. The highest BCUT2D eigenvalue weighted by atomic mass is 32.2. The third kappa shape index (κ3) is 3.72. The quantitative estimate of drug-likeness (QED) is 0.853. The minimum atomic E-state index is -3.72. The fourth-order valence-corrected chi connectivity index (χ4v) is 4.15. The van der Waals surface area contributed by atoms with Crippen LogP contribution in [0.4, 0.5) is 10.1 Å². The van der Waals surface area contributed by atoms with Crippen molar-refractivity contribution in [1.82, 2.24) is 5.32 Å². The first-order valence-electron chi connectivity index (χ1n) is 6.06. The Hall–Kier alpha value is -1.64. The molecule has 0 atom stereocenters. The molecule has 1 aromatic heterocycles. The van der Waals surface area contributed by atoms with Crippen molar-refractivity contribution >= 4 is 27.0 Å². The predicted molar refractivity (Wildman–Crippen MR) is 80.8 cm³/mol. The largest absolute Gasteiger partial charge is 0.494 e. The van der Waals surface area contributed by atoms with Gasteiger partial charge in [0.05, 0.1) is 12.8 Å². The van der Waals surface area contributed by atoms with Crippen molar-refractivity contribution in [1.29, 1.82) is 0 Å². The van der Waals surface area contributed by atoms with Gasteiger partial charge in [-0.05, 0) is 31.3 Å². The number of benzene rings is 1. The number of anilines is 1. The van der Waals surface area contributed by atoms with Gasteiger partial charge in [-0.15, -0.1) is 11.3 Å². The van der Waals surface area contributed by atoms with Crippen LogP contribution in [-0.4, -0.2) is 22.6 Å². The molecule has 0 spiro atoms. The second-order valence-corrected chi connectivity index (χ2v) is 7.28. The maximum Gasteiger partial charge on any atom is 0.271 e. The zero-order chi connectivity index (χ0) is 15.5. The summed E-state index contributed by atoms with van der Waals surface area (Å²) in [6, 6.07) is 6.90. The van der Waals surface area contributed by atoms with Crippen molar-refractivity contribution in [3.05, 3.63) is 41.0 Å². The molecular formula is C13H15FN2O3S2. The van der Waals surface area contributed by atoms with E-state index in [9.17, 15) is 12.8 Å². The molecule has 2 N–H and O–H groups in total. The number of hydrogen-bond acceptors (Lipinski definition) is 5. The lowest BCUT2D eigenvalue weighted by Crippen LogP contribution is -2.12. The van der Waals surface area contributed by atoms with Crippen molar-refractivity contribution in [3.63, 3.8) is 0 Å². The van der Waals surface area contributed by atoms with Gasteiger partial charge in [0.25, 0.3) is 10.0 Å². The van der Waals surface area contributed by atoms with Crippen LogP contribution >= 0.6 is 11.3 Å². The summed E-state index contributed by atoms with van der Waals surface area (Å²) in [7, 11) is -0.581. The predicted octanol–water partition coefficient (Wildman–Crippen LogP) is 2.42. The average Bonchev–Trinajstić information content (AvgIpc) is 2.90. The Morgan fingerprint density at radius 1 is 1.29 bits per heavy atom. The summed E-state index contributed by atoms with van der Waals surface area (Å²) in [4.78, 5) is 0.906. The SMILES string of the molecule is CNCc1ccc(S(=O)(=O)Nc2ccc(F)cc2OC)s1. The molecule has 2 rings (SSSR count). The molecule has 0 unspecified atom stereocenters. The molecule has 0 fully saturated rings. The fraction of sp³-hybridized carbons (Fsp3) is 0.231. The van der Waals surface area contributed by atoms with Crippen LogP contribution in [0.2, 0.25) is 0 Å². The monoisotopic (exact) mass is 330 g/mol. The highest BCUT2D eigenvalue weighted by Crippen LogP contribution is 2.29. The summed E-state index contributed by atoms with van der Waals surface area (Å²) in [5, 5.41) is 2.96. The van der Waals surface area contributed by atoms with Gasteiger partial charge in [0.2, 0.25) is 0 Å². The van der Waals surface area contributed by atoms with E-state index in [-0.39, 0.29) is 15.6 Å². The van der Waals surface area contributed by atoms with Gasteiger partial charge in [-0.3, -0.25) is 4.72 Å². The Morgan fingerprint density at radius 3 is 2.71 bits per heavy atom. The van der Waals surface area contributed by atoms with Crippen LogP contribution in [0.1, 0.15) is 4.88 Å². The zero-order valence-electron chi connectivity index (χ0n) is 11.5. The molecule has 8 heteroatoms. The summed E-state index contributed by atoms with van der Waals surface area (Å²) in [6.45, 7) is 0.597. The van der Waals surface area contributed by atoms with Gasteiger partial charge in [0, 0.05) is 17.5 Å². The Kier molecular flexibility index (Phi) is 4.81. The van der Waals surface area contributed by atoms with Gasteiger partial charge < -0.3 is 10.1 Å². The van der Waals surface area contributed by atoms with Gasteiger partial charge in [0.1, 0.15) is 15.8 Å². The molecule has 1 aromatic carbocycles. The van der Waals surface area contributed by atoms with Crippen LogP contribution in [0.15, 0.2) is 34.5 Å². The Labute approximate surface area is 126 Å². The van der Waals surface area contributed by atoms with Crippen LogP contribution in [0.3, 0.4) is 0 Å². The van der Waals surface area contributed by atoms with E-state index < -0.39 is 15.8 Å². The van der Waals surface area contributed by atoms with Crippen molar-refractivity contribution in [3.8, 4) is 5.75 Å². The molecule has 0 saturated heterocycles. The summed E-state index contributed by atoms with van der Waals surface area (Å²) in [5.74, 6) is -0.368. The van der Waals surface area contributed by atoms with E-state index in [4.69, 9.17) is 4.74 Å². The Morgan fingerprint density at radius 2 is 2.05 bits per heavy atom. The second-order valence-electron chi connectivity index (χ2n) is 4.20. The first kappa shape index (κ1) is 15.7. The maximum atomic E-state index is 13.1. The number of halogens is 1. The highest BCUT2D eigenvalue weighted by Gasteiger charge is 2.19. The van der Waals surface area contributed by atoms with E-state index in [0.29, 0.717) is 6.54 Å². The average molecular weight is 330 g/mol. The third-order valence-electron chi connectivity index (χ3n) is 2.66. The van der Waals surface area contributed by atoms with Crippen molar-refractivity contribution in [2.45, 2.75) is 10.8 Å². The summed E-state index contributed by atoms with van der Waals surface area (Å²) < 4.78 is 45.3. The molecule has 0 saturated carbocycles. The minimum Gasteiger partial charge on any atom is -0.494 e. The lowest BCUT2D eigenvalue weighted by molar-refractivity contribution is 0.413. The molecule has 0 aliphatic heterocycles. The molecule has 0 bridgehead atoms. The zero-order valence-corrected chi connectivity index (χ0v) is 13.1. The van der Waals surface area contributed by atoms with Gasteiger partial charge in [-0.1, -0.05) is 0 Å². The Bertz CT molecular complexity index is 729. The van der Waals surface area contributed by atoms with E-state index in [0.717, 1.165) is 10.9 Å². The van der Waals surface area contributed by atoms with Gasteiger partial charge in [-0.2, -0.15) is 0 Å². The van der Waals surface area contributed by atoms with Crippen molar-refractivity contribution in [2.75, 3.05) is 18.9 Å². The van der Waals surface area contributed by atoms with Crippen molar-refractivity contribution in [2.24, 2.45) is 0 Å². The number of sulfonamides is 1. The van der Waals surface area contributed by atoms with Crippen LogP contribution in [0.25, 0.3) is 0 Å². The first-order valence-corrected chi connectivity index (χ1v) is 8.36. The van der Waals surface area contributed by atoms with Crippen LogP contribution < -0.4 is 14.8 Å². The lowest BCUT2D eigenvalue weighted by Gasteiger charge is -2.10. The fourth-order valence-electron chi connectivity index (χ4n) is 1.72. The first-order chi connectivity index (χ1) is 9.96. The van der Waals surface area contributed by atoms with E-state index in [1.54, 1.807) is 13.1 Å². The highest BCUT2D eigenvalue weighted by molar-refractivity contribution is 7.94. The number of nitrogens with one attached hydrogen (secondary N) is 2. The maximum absolute atomic E-state index is 13.1. The smallest absolute Gasteiger partial charge is 0.271 e. The van der Waals surface area contributed by atoms with Gasteiger partial charge in [-0.25, -0.2) is 12.8 Å². The molecule has 0 amide bonds. The van der Waals surface area contributed by atoms with E-state index in [1.807, 2.05) is 0 Å². The van der Waals surface area contributed by atoms with Gasteiger partial charge in [0.15, 0.2) is 0 Å².